The number of rotatable bonds is 10. The molecule has 0 radical (unpaired) electrons. The summed E-state index contributed by atoms with van der Waals surface area (Å²) in [6.45, 7) is 3.19. The number of methoxy groups -OCH3 is 1. The third-order valence-corrected chi connectivity index (χ3v) is 5.08. The molecule has 2 heterocycles. The summed E-state index contributed by atoms with van der Waals surface area (Å²) in [5, 5.41) is 9.16. The number of ether oxygens (including phenoxy) is 3. The van der Waals surface area contributed by atoms with Crippen molar-refractivity contribution in [2.24, 2.45) is 5.10 Å². The normalized spacial score (nSPS) is 15.2. The van der Waals surface area contributed by atoms with Crippen molar-refractivity contribution in [3.63, 3.8) is 0 Å². The predicted molar refractivity (Wildman–Crippen MR) is 131 cm³/mol. The number of allylic oxidation sites excluding steroid dienone is 1. The van der Waals surface area contributed by atoms with Crippen molar-refractivity contribution in [3.8, 4) is 11.5 Å². The molecule has 2 aromatic rings. The Labute approximate surface area is 208 Å². The van der Waals surface area contributed by atoms with Gasteiger partial charge in [0.25, 0.3) is 5.91 Å². The summed E-state index contributed by atoms with van der Waals surface area (Å²) >= 11 is 0. The number of benzene rings is 1. The molecule has 1 atom stereocenters. The van der Waals surface area contributed by atoms with Crippen LogP contribution in [-0.4, -0.2) is 58.5 Å². The fraction of sp³-hybridized carbons (Fsp3) is 0.333. The number of anilines is 1. The lowest BCUT2D eigenvalue weighted by molar-refractivity contribution is -0.139. The first-order chi connectivity index (χ1) is 17.2. The highest BCUT2D eigenvalue weighted by molar-refractivity contribution is 5.95. The van der Waals surface area contributed by atoms with E-state index < -0.39 is 23.9 Å². The molecule has 0 spiro atoms. The largest absolute Gasteiger partial charge is 0.493 e. The maximum Gasteiger partial charge on any atom is 0.338 e. The van der Waals surface area contributed by atoms with Crippen LogP contribution in [0, 0.1) is 0 Å². The second-order valence-corrected chi connectivity index (χ2v) is 7.85. The van der Waals surface area contributed by atoms with E-state index in [0.717, 1.165) is 0 Å². The minimum atomic E-state index is -0.756. The molecule has 1 aliphatic rings. The summed E-state index contributed by atoms with van der Waals surface area (Å²) in [4.78, 5) is 38.5. The molecule has 0 saturated carbocycles. The van der Waals surface area contributed by atoms with Gasteiger partial charge in [0.05, 0.1) is 31.5 Å². The molecule has 36 heavy (non-hydrogen) atoms. The van der Waals surface area contributed by atoms with E-state index in [4.69, 9.17) is 18.6 Å². The van der Waals surface area contributed by atoms with Gasteiger partial charge in [0.2, 0.25) is 0 Å². The van der Waals surface area contributed by atoms with E-state index in [1.807, 2.05) is 14.1 Å². The SMILES string of the molecule is CCOC(=O)C1=C(C)NC(=O)N[C@H]1c1ccc(OCC(=O)N/N=C\c2ccc(N(C)C)o2)c(OC)c1. The van der Waals surface area contributed by atoms with Crippen LogP contribution in [-0.2, 0) is 14.3 Å². The summed E-state index contributed by atoms with van der Waals surface area (Å²) < 4.78 is 21.6. The number of nitrogens with one attached hydrogen (secondary N) is 3. The van der Waals surface area contributed by atoms with E-state index in [0.29, 0.717) is 34.4 Å². The van der Waals surface area contributed by atoms with Crippen LogP contribution in [0.4, 0.5) is 10.7 Å². The Bertz CT molecular complexity index is 1190. The average molecular weight is 500 g/mol. The maximum absolute atomic E-state index is 12.5. The van der Waals surface area contributed by atoms with Crippen LogP contribution in [0.2, 0.25) is 0 Å². The molecule has 0 bridgehead atoms. The number of carbonyl (C=O) groups excluding carboxylic acids is 3. The van der Waals surface area contributed by atoms with Crippen molar-refractivity contribution in [3.05, 3.63) is 52.9 Å². The quantitative estimate of drug-likeness (QED) is 0.256. The molecule has 1 aromatic heterocycles. The van der Waals surface area contributed by atoms with Crippen molar-refractivity contribution in [1.29, 1.82) is 0 Å². The summed E-state index contributed by atoms with van der Waals surface area (Å²) in [6.07, 6.45) is 1.38. The second-order valence-electron chi connectivity index (χ2n) is 7.85. The molecule has 0 unspecified atom stereocenters. The van der Waals surface area contributed by atoms with Gasteiger partial charge in [-0.2, -0.15) is 5.10 Å². The van der Waals surface area contributed by atoms with Crippen LogP contribution in [0.1, 0.15) is 31.2 Å². The van der Waals surface area contributed by atoms with E-state index >= 15 is 0 Å². The lowest BCUT2D eigenvalue weighted by atomic mass is 9.95. The maximum atomic E-state index is 12.5. The number of hydrazone groups is 1. The van der Waals surface area contributed by atoms with Crippen LogP contribution in [0.15, 0.2) is 51.1 Å². The number of hydrogen-bond donors (Lipinski definition) is 3. The first-order valence-corrected chi connectivity index (χ1v) is 11.1. The number of amides is 3. The third kappa shape index (κ3) is 6.34. The molecule has 1 aromatic carbocycles. The van der Waals surface area contributed by atoms with Crippen LogP contribution >= 0.6 is 0 Å². The first kappa shape index (κ1) is 26.1. The lowest BCUT2D eigenvalue weighted by Crippen LogP contribution is -2.45. The third-order valence-electron chi connectivity index (χ3n) is 5.08. The van der Waals surface area contributed by atoms with Gasteiger partial charge in [-0.3, -0.25) is 4.79 Å². The average Bonchev–Trinajstić information content (AvgIpc) is 3.31. The van der Waals surface area contributed by atoms with Crippen molar-refractivity contribution in [1.82, 2.24) is 16.1 Å². The minimum absolute atomic E-state index is 0.192. The smallest absolute Gasteiger partial charge is 0.338 e. The predicted octanol–water partition coefficient (Wildman–Crippen LogP) is 2.07. The Balaban J connectivity index is 1.67. The molecule has 3 amide bonds. The van der Waals surface area contributed by atoms with Gasteiger partial charge in [-0.15, -0.1) is 0 Å². The Hall–Kier alpha value is -4.48. The lowest BCUT2D eigenvalue weighted by Gasteiger charge is -2.28. The van der Waals surface area contributed by atoms with Gasteiger partial charge in [-0.1, -0.05) is 6.07 Å². The fourth-order valence-electron chi connectivity index (χ4n) is 3.40. The van der Waals surface area contributed by atoms with E-state index in [1.54, 1.807) is 49.1 Å². The van der Waals surface area contributed by atoms with Crippen LogP contribution < -0.4 is 30.4 Å². The first-order valence-electron chi connectivity index (χ1n) is 11.1. The van der Waals surface area contributed by atoms with E-state index in [9.17, 15) is 14.4 Å². The molecule has 3 N–H and O–H groups in total. The molecule has 3 rings (SSSR count). The highest BCUT2D eigenvalue weighted by Crippen LogP contribution is 2.34. The van der Waals surface area contributed by atoms with Crippen molar-refractivity contribution < 1.29 is 33.0 Å². The van der Waals surface area contributed by atoms with Crippen molar-refractivity contribution >= 4 is 30.0 Å². The van der Waals surface area contributed by atoms with Crippen LogP contribution in [0.5, 0.6) is 11.5 Å². The molecule has 0 aliphatic carbocycles. The van der Waals surface area contributed by atoms with Crippen molar-refractivity contribution in [2.45, 2.75) is 19.9 Å². The highest BCUT2D eigenvalue weighted by atomic mass is 16.5. The molecular formula is C24H29N5O7. The molecular weight excluding hydrogens is 470 g/mol. The Morgan fingerprint density at radius 1 is 1.22 bits per heavy atom. The number of carbonyl (C=O) groups is 3. The standard InChI is InChI=1S/C24H29N5O7/c1-6-34-23(31)21-14(2)26-24(32)27-22(21)15-7-9-17(18(11-15)33-5)35-13-19(30)28-25-12-16-8-10-20(36-16)29(3)4/h7-12,22H,6,13H2,1-5H3,(H,28,30)(H2,26,27,32)/b25-12-/t22-/m0/s1. The zero-order valence-corrected chi connectivity index (χ0v) is 20.7. The molecule has 192 valence electrons. The van der Waals surface area contributed by atoms with Gasteiger partial charge in [0.1, 0.15) is 5.76 Å². The van der Waals surface area contributed by atoms with Gasteiger partial charge in [-0.05, 0) is 37.6 Å². The second kappa shape index (κ2) is 11.8. The molecule has 1 aliphatic heterocycles. The topological polar surface area (TPSA) is 144 Å². The highest BCUT2D eigenvalue weighted by Gasteiger charge is 2.32. The van der Waals surface area contributed by atoms with Gasteiger partial charge in [0, 0.05) is 25.9 Å². The summed E-state index contributed by atoms with van der Waals surface area (Å²) in [5.74, 6) is 0.700. The molecule has 12 nitrogen and oxygen atoms in total. The Kier molecular flexibility index (Phi) is 8.55. The zero-order chi connectivity index (χ0) is 26.2. The van der Waals surface area contributed by atoms with Crippen molar-refractivity contribution in [2.75, 3.05) is 39.3 Å². The van der Waals surface area contributed by atoms with E-state index in [-0.39, 0.29) is 18.8 Å². The van der Waals surface area contributed by atoms with Gasteiger partial charge < -0.3 is 34.2 Å². The number of nitrogens with zero attached hydrogens (tertiary/aromatic N) is 2. The number of furan rings is 1. The van der Waals surface area contributed by atoms with Gasteiger partial charge in [-0.25, -0.2) is 15.0 Å². The van der Waals surface area contributed by atoms with Crippen LogP contribution in [0.3, 0.4) is 0 Å². The monoisotopic (exact) mass is 499 g/mol. The minimum Gasteiger partial charge on any atom is -0.493 e. The fourth-order valence-corrected chi connectivity index (χ4v) is 3.40. The molecule has 0 fully saturated rings. The van der Waals surface area contributed by atoms with Gasteiger partial charge in [0.15, 0.2) is 24.0 Å². The number of hydrogen-bond acceptors (Lipinski definition) is 9. The van der Waals surface area contributed by atoms with E-state index in [1.165, 1.54) is 13.3 Å². The van der Waals surface area contributed by atoms with Crippen LogP contribution in [0.25, 0.3) is 0 Å². The molecule has 0 saturated heterocycles. The van der Waals surface area contributed by atoms with Gasteiger partial charge >= 0.3 is 12.0 Å². The summed E-state index contributed by atoms with van der Waals surface area (Å²) in [5.41, 5.74) is 3.60. The number of urea groups is 1. The molecule has 12 heteroatoms. The Morgan fingerprint density at radius 3 is 2.67 bits per heavy atom. The summed E-state index contributed by atoms with van der Waals surface area (Å²) in [6, 6.07) is 7.17. The zero-order valence-electron chi connectivity index (χ0n) is 20.7. The van der Waals surface area contributed by atoms with E-state index in [2.05, 4.69) is 21.2 Å². The number of esters is 1. The summed E-state index contributed by atoms with van der Waals surface area (Å²) in [7, 11) is 5.13. The Morgan fingerprint density at radius 2 is 2.00 bits per heavy atom.